The normalized spacial score (nSPS) is 9.89. The summed E-state index contributed by atoms with van der Waals surface area (Å²) < 4.78 is 5.51. The van der Waals surface area contributed by atoms with Crippen LogP contribution < -0.4 is 20.7 Å². The van der Waals surface area contributed by atoms with E-state index >= 15 is 0 Å². The number of guanidine groups is 1. The third-order valence-electron chi connectivity index (χ3n) is 2.76. The lowest BCUT2D eigenvalue weighted by Gasteiger charge is -2.25. The molecule has 0 heterocycles. The van der Waals surface area contributed by atoms with Gasteiger partial charge in [-0.15, -0.1) is 0 Å². The van der Waals surface area contributed by atoms with Crippen molar-refractivity contribution in [3.63, 3.8) is 0 Å². The number of amides is 2. The molecule has 1 rings (SSSR count). The standard InChI is InChI=1S/C13H20N4O2/c1-5-19-10-7-6-8(2)11(9(10)3)17(12(14)15)13(18)16-4/h6-7H,5H2,1-4H3,(H3,14,15)(H,16,18). The molecule has 0 aliphatic rings. The van der Waals surface area contributed by atoms with Crippen LogP contribution in [0.1, 0.15) is 18.1 Å². The summed E-state index contributed by atoms with van der Waals surface area (Å²) >= 11 is 0. The van der Waals surface area contributed by atoms with Crippen LogP contribution in [0, 0.1) is 19.3 Å². The SMILES string of the molecule is CCOc1ccc(C)c(N(C(=N)N)C(=O)NC)c1C. The number of nitrogens with two attached hydrogens (primary N) is 1. The Morgan fingerprint density at radius 2 is 2.11 bits per heavy atom. The van der Waals surface area contributed by atoms with Gasteiger partial charge in [-0.05, 0) is 32.4 Å². The van der Waals surface area contributed by atoms with Gasteiger partial charge in [0, 0.05) is 12.6 Å². The number of carbonyl (C=O) groups is 1. The Morgan fingerprint density at radius 1 is 1.47 bits per heavy atom. The first-order chi connectivity index (χ1) is 8.93. The maximum absolute atomic E-state index is 11.9. The van der Waals surface area contributed by atoms with Crippen LogP contribution in [0.25, 0.3) is 0 Å². The Labute approximate surface area is 113 Å². The molecule has 0 spiro atoms. The summed E-state index contributed by atoms with van der Waals surface area (Å²) in [6.07, 6.45) is 0. The van der Waals surface area contributed by atoms with Gasteiger partial charge in [-0.2, -0.15) is 0 Å². The zero-order valence-corrected chi connectivity index (χ0v) is 11.7. The van der Waals surface area contributed by atoms with Gasteiger partial charge in [0.25, 0.3) is 0 Å². The molecule has 0 aliphatic heterocycles. The Balaban J connectivity index is 3.41. The number of aryl methyl sites for hydroxylation is 1. The summed E-state index contributed by atoms with van der Waals surface area (Å²) in [6.45, 7) is 6.12. The molecule has 0 saturated heterocycles. The zero-order chi connectivity index (χ0) is 14.6. The van der Waals surface area contributed by atoms with Gasteiger partial charge in [0.1, 0.15) is 5.75 Å². The molecule has 0 unspecified atom stereocenters. The van der Waals surface area contributed by atoms with Gasteiger partial charge in [0.15, 0.2) is 0 Å². The highest BCUT2D eigenvalue weighted by molar-refractivity contribution is 6.14. The first-order valence-electron chi connectivity index (χ1n) is 6.02. The number of rotatable bonds is 3. The quantitative estimate of drug-likeness (QED) is 0.573. The number of hydrogen-bond acceptors (Lipinski definition) is 3. The molecule has 6 heteroatoms. The molecule has 4 N–H and O–H groups in total. The van der Waals surface area contributed by atoms with E-state index in [1.165, 1.54) is 7.05 Å². The van der Waals surface area contributed by atoms with E-state index in [2.05, 4.69) is 5.32 Å². The van der Waals surface area contributed by atoms with Crippen LogP contribution in [0.2, 0.25) is 0 Å². The zero-order valence-electron chi connectivity index (χ0n) is 11.7. The fourth-order valence-corrected chi connectivity index (χ4v) is 1.92. The minimum atomic E-state index is -0.452. The number of benzene rings is 1. The first-order valence-corrected chi connectivity index (χ1v) is 6.02. The Kier molecular flexibility index (Phi) is 4.74. The van der Waals surface area contributed by atoms with Crippen molar-refractivity contribution in [2.24, 2.45) is 5.73 Å². The van der Waals surface area contributed by atoms with E-state index in [1.54, 1.807) is 0 Å². The molecule has 0 atom stereocenters. The number of nitrogens with one attached hydrogen (secondary N) is 2. The smallest absolute Gasteiger partial charge is 0.328 e. The summed E-state index contributed by atoms with van der Waals surface area (Å²) in [4.78, 5) is 13.0. The molecule has 0 fully saturated rings. The highest BCUT2D eigenvalue weighted by Crippen LogP contribution is 2.32. The Morgan fingerprint density at radius 3 is 2.58 bits per heavy atom. The van der Waals surface area contributed by atoms with Gasteiger partial charge in [0.2, 0.25) is 5.96 Å². The van der Waals surface area contributed by atoms with Gasteiger partial charge < -0.3 is 15.8 Å². The van der Waals surface area contributed by atoms with Gasteiger partial charge in [-0.3, -0.25) is 5.41 Å². The second-order valence-electron chi connectivity index (χ2n) is 4.06. The lowest BCUT2D eigenvalue weighted by molar-refractivity contribution is 0.251. The number of urea groups is 1. The topological polar surface area (TPSA) is 91.4 Å². The van der Waals surface area contributed by atoms with Crippen LogP contribution in [0.3, 0.4) is 0 Å². The Hall–Kier alpha value is -2.24. The van der Waals surface area contributed by atoms with Crippen LogP contribution in [0.4, 0.5) is 10.5 Å². The lowest BCUT2D eigenvalue weighted by Crippen LogP contribution is -2.46. The van der Waals surface area contributed by atoms with E-state index < -0.39 is 6.03 Å². The third kappa shape index (κ3) is 2.96. The molecule has 19 heavy (non-hydrogen) atoms. The molecule has 0 bridgehead atoms. The van der Waals surface area contributed by atoms with Gasteiger partial charge in [-0.25, -0.2) is 9.69 Å². The number of ether oxygens (including phenoxy) is 1. The van der Waals surface area contributed by atoms with Gasteiger partial charge in [-0.1, -0.05) is 6.07 Å². The fraction of sp³-hybridized carbons (Fsp3) is 0.385. The van der Waals surface area contributed by atoms with Crippen molar-refractivity contribution < 1.29 is 9.53 Å². The molecule has 0 aromatic heterocycles. The summed E-state index contributed by atoms with van der Waals surface area (Å²) in [7, 11) is 1.50. The second-order valence-corrected chi connectivity index (χ2v) is 4.06. The average Bonchev–Trinajstić information content (AvgIpc) is 2.36. The van der Waals surface area contributed by atoms with Crippen molar-refractivity contribution in [3.05, 3.63) is 23.3 Å². The molecule has 6 nitrogen and oxygen atoms in total. The van der Waals surface area contributed by atoms with Crippen molar-refractivity contribution >= 4 is 17.7 Å². The molecular formula is C13H20N4O2. The molecule has 0 aliphatic carbocycles. The summed E-state index contributed by atoms with van der Waals surface area (Å²) in [5, 5.41) is 10.1. The average molecular weight is 264 g/mol. The molecule has 104 valence electrons. The van der Waals surface area contributed by atoms with Crippen molar-refractivity contribution in [2.45, 2.75) is 20.8 Å². The highest BCUT2D eigenvalue weighted by Gasteiger charge is 2.23. The van der Waals surface area contributed by atoms with E-state index in [0.29, 0.717) is 18.0 Å². The Bertz CT molecular complexity index is 500. The minimum absolute atomic E-state index is 0.334. The van der Waals surface area contributed by atoms with Crippen molar-refractivity contribution in [2.75, 3.05) is 18.6 Å². The largest absolute Gasteiger partial charge is 0.494 e. The minimum Gasteiger partial charge on any atom is -0.494 e. The fourth-order valence-electron chi connectivity index (χ4n) is 1.92. The first kappa shape index (κ1) is 14.8. The molecular weight excluding hydrogens is 244 g/mol. The number of carbonyl (C=O) groups excluding carboxylic acids is 1. The molecule has 2 amide bonds. The number of nitrogens with zero attached hydrogens (tertiary/aromatic N) is 1. The van der Waals surface area contributed by atoms with Crippen molar-refractivity contribution in [3.8, 4) is 5.75 Å². The van der Waals surface area contributed by atoms with Gasteiger partial charge in [0.05, 0.1) is 12.3 Å². The maximum atomic E-state index is 11.9. The van der Waals surface area contributed by atoms with E-state index in [4.69, 9.17) is 15.9 Å². The monoisotopic (exact) mass is 264 g/mol. The van der Waals surface area contributed by atoms with Crippen LogP contribution in [-0.4, -0.2) is 25.6 Å². The maximum Gasteiger partial charge on any atom is 0.328 e. The van der Waals surface area contributed by atoms with Crippen LogP contribution in [0.5, 0.6) is 5.75 Å². The van der Waals surface area contributed by atoms with E-state index in [1.807, 2.05) is 32.9 Å². The third-order valence-corrected chi connectivity index (χ3v) is 2.76. The molecule has 0 saturated carbocycles. The highest BCUT2D eigenvalue weighted by atomic mass is 16.5. The summed E-state index contributed by atoms with van der Waals surface area (Å²) in [5.41, 5.74) is 7.72. The predicted octanol–water partition coefficient (Wildman–Crippen LogP) is 1.74. The number of anilines is 1. The number of hydrogen-bond donors (Lipinski definition) is 3. The molecule has 0 radical (unpaired) electrons. The lowest BCUT2D eigenvalue weighted by atomic mass is 10.1. The molecule has 1 aromatic carbocycles. The van der Waals surface area contributed by atoms with Crippen LogP contribution in [0.15, 0.2) is 12.1 Å². The molecule has 1 aromatic rings. The van der Waals surface area contributed by atoms with Crippen molar-refractivity contribution in [1.82, 2.24) is 5.32 Å². The van der Waals surface area contributed by atoms with E-state index in [9.17, 15) is 4.79 Å². The van der Waals surface area contributed by atoms with Gasteiger partial charge >= 0.3 is 6.03 Å². The second kappa shape index (κ2) is 6.08. The van der Waals surface area contributed by atoms with E-state index in [-0.39, 0.29) is 5.96 Å². The van der Waals surface area contributed by atoms with Crippen LogP contribution in [-0.2, 0) is 0 Å². The van der Waals surface area contributed by atoms with Crippen LogP contribution >= 0.6 is 0 Å². The summed E-state index contributed by atoms with van der Waals surface area (Å²) in [6, 6.07) is 3.24. The van der Waals surface area contributed by atoms with Crippen molar-refractivity contribution in [1.29, 1.82) is 5.41 Å². The van der Waals surface area contributed by atoms with E-state index in [0.717, 1.165) is 16.0 Å². The summed E-state index contributed by atoms with van der Waals surface area (Å²) in [5.74, 6) is 0.345. The predicted molar refractivity (Wildman–Crippen MR) is 75.9 cm³/mol.